The highest BCUT2D eigenvalue weighted by Crippen LogP contribution is 2.23. The van der Waals surface area contributed by atoms with Crippen LogP contribution in [0.15, 0.2) is 29.4 Å². The zero-order valence-corrected chi connectivity index (χ0v) is 20.0. The Kier molecular flexibility index (Phi) is 7.89. The minimum absolute atomic E-state index is 0.0127. The molecule has 2 amide bonds. The van der Waals surface area contributed by atoms with E-state index in [9.17, 15) is 14.0 Å². The predicted octanol–water partition coefficient (Wildman–Crippen LogP) is 1.92. The molecule has 12 heteroatoms. The molecule has 2 aliphatic rings. The van der Waals surface area contributed by atoms with Gasteiger partial charge >= 0.3 is 0 Å². The van der Waals surface area contributed by atoms with Crippen LogP contribution in [-0.4, -0.2) is 65.6 Å². The lowest BCUT2D eigenvalue weighted by molar-refractivity contribution is -0.170. The molecule has 0 spiro atoms. The second-order valence-corrected chi connectivity index (χ2v) is 8.67. The van der Waals surface area contributed by atoms with E-state index in [0.29, 0.717) is 49.0 Å². The van der Waals surface area contributed by atoms with Gasteiger partial charge in [0.25, 0.3) is 5.91 Å². The molecule has 1 aromatic heterocycles. The quantitative estimate of drug-likeness (QED) is 0.589. The summed E-state index contributed by atoms with van der Waals surface area (Å²) in [5, 5.41) is 9.58. The number of carbonyl (C=O) groups is 2. The number of nitrogens with one attached hydrogen (secondary N) is 2. The minimum atomic E-state index is -0.523. The summed E-state index contributed by atoms with van der Waals surface area (Å²) < 4.78 is 25.0. The van der Waals surface area contributed by atoms with Crippen LogP contribution >= 0.6 is 11.6 Å². The number of halogens is 2. The summed E-state index contributed by atoms with van der Waals surface area (Å²) in [5.74, 6) is -0.657. The van der Waals surface area contributed by atoms with E-state index in [0.717, 1.165) is 0 Å². The Morgan fingerprint density at radius 3 is 2.69 bits per heavy atom. The molecule has 1 aromatic carbocycles. The molecule has 186 valence electrons. The number of hydrogen-bond donors (Lipinski definition) is 2. The lowest BCUT2D eigenvalue weighted by atomic mass is 10.0. The van der Waals surface area contributed by atoms with Crippen molar-refractivity contribution in [3.05, 3.63) is 57.9 Å². The highest BCUT2D eigenvalue weighted by molar-refractivity contribution is 6.30. The Labute approximate surface area is 206 Å². The summed E-state index contributed by atoms with van der Waals surface area (Å²) in [7, 11) is 0. The van der Waals surface area contributed by atoms with Gasteiger partial charge in [0.15, 0.2) is 6.10 Å². The second-order valence-electron chi connectivity index (χ2n) is 8.27. The Balaban J connectivity index is 1.33. The van der Waals surface area contributed by atoms with Crippen molar-refractivity contribution in [1.82, 2.24) is 20.6 Å². The van der Waals surface area contributed by atoms with Crippen LogP contribution in [0.5, 0.6) is 0 Å². The summed E-state index contributed by atoms with van der Waals surface area (Å²) in [6.45, 7) is 4.31. The van der Waals surface area contributed by atoms with Gasteiger partial charge in [-0.1, -0.05) is 22.8 Å². The SMILES string of the molecule is CC(=O)NC[C@@H]1CO[C@@H](C2CC(c3cc(C(=O)NCc4ccc(F)c(Cl)c4)nc(C)n3)=NO2)CO1. The number of rotatable bonds is 7. The molecule has 0 radical (unpaired) electrons. The van der Waals surface area contributed by atoms with Crippen molar-refractivity contribution in [2.75, 3.05) is 19.8 Å². The molecule has 0 aliphatic carbocycles. The predicted molar refractivity (Wildman–Crippen MR) is 124 cm³/mol. The smallest absolute Gasteiger partial charge is 0.270 e. The summed E-state index contributed by atoms with van der Waals surface area (Å²) in [6, 6.07) is 5.79. The Morgan fingerprint density at radius 2 is 1.97 bits per heavy atom. The van der Waals surface area contributed by atoms with Gasteiger partial charge < -0.3 is 24.9 Å². The average Bonchev–Trinajstić information content (AvgIpc) is 3.33. The first kappa shape index (κ1) is 25.0. The second kappa shape index (κ2) is 11.1. The Morgan fingerprint density at radius 1 is 1.14 bits per heavy atom. The third-order valence-corrected chi connectivity index (χ3v) is 5.77. The van der Waals surface area contributed by atoms with Crippen LogP contribution in [0.1, 0.15) is 40.9 Å². The zero-order chi connectivity index (χ0) is 24.9. The van der Waals surface area contributed by atoms with Crippen molar-refractivity contribution in [3.8, 4) is 0 Å². The number of aromatic nitrogens is 2. The summed E-state index contributed by atoms with van der Waals surface area (Å²) in [6.07, 6.45) is -0.468. The fourth-order valence-corrected chi connectivity index (χ4v) is 3.85. The molecule has 1 fully saturated rings. The van der Waals surface area contributed by atoms with Crippen molar-refractivity contribution < 1.29 is 28.3 Å². The van der Waals surface area contributed by atoms with Crippen LogP contribution in [0, 0.1) is 12.7 Å². The Bertz CT molecular complexity index is 1140. The molecule has 2 N–H and O–H groups in total. The van der Waals surface area contributed by atoms with E-state index >= 15 is 0 Å². The fourth-order valence-electron chi connectivity index (χ4n) is 3.65. The van der Waals surface area contributed by atoms with Crippen LogP contribution in [0.2, 0.25) is 5.02 Å². The molecule has 0 saturated carbocycles. The van der Waals surface area contributed by atoms with Gasteiger partial charge in [0, 0.05) is 26.4 Å². The van der Waals surface area contributed by atoms with E-state index in [4.69, 9.17) is 25.9 Å². The van der Waals surface area contributed by atoms with Gasteiger partial charge in [-0.2, -0.15) is 0 Å². The van der Waals surface area contributed by atoms with Crippen LogP contribution in [0.4, 0.5) is 4.39 Å². The third-order valence-electron chi connectivity index (χ3n) is 5.48. The first-order chi connectivity index (χ1) is 16.8. The van der Waals surface area contributed by atoms with Crippen LogP contribution in [0.3, 0.4) is 0 Å². The molecule has 3 heterocycles. The number of hydrogen-bond acceptors (Lipinski definition) is 8. The molecule has 0 bridgehead atoms. The van der Waals surface area contributed by atoms with Crippen molar-refractivity contribution in [3.63, 3.8) is 0 Å². The van der Waals surface area contributed by atoms with Crippen LogP contribution < -0.4 is 10.6 Å². The number of ether oxygens (including phenoxy) is 2. The maximum Gasteiger partial charge on any atom is 0.270 e. The lowest BCUT2D eigenvalue weighted by Gasteiger charge is -2.31. The van der Waals surface area contributed by atoms with Gasteiger partial charge in [0.1, 0.15) is 29.2 Å². The maximum absolute atomic E-state index is 13.3. The fraction of sp³-hybridized carbons (Fsp3) is 0.435. The first-order valence-corrected chi connectivity index (χ1v) is 11.4. The number of carbonyl (C=O) groups excluding carboxylic acids is 2. The molecule has 10 nitrogen and oxygen atoms in total. The molecule has 4 rings (SSSR count). The topological polar surface area (TPSA) is 124 Å². The van der Waals surface area contributed by atoms with E-state index in [1.54, 1.807) is 19.1 Å². The van der Waals surface area contributed by atoms with E-state index in [1.807, 2.05) is 0 Å². The van der Waals surface area contributed by atoms with Gasteiger partial charge in [-0.3, -0.25) is 9.59 Å². The summed E-state index contributed by atoms with van der Waals surface area (Å²) in [4.78, 5) is 37.9. The van der Waals surface area contributed by atoms with Crippen molar-refractivity contribution in [2.24, 2.45) is 5.16 Å². The first-order valence-electron chi connectivity index (χ1n) is 11.1. The molecule has 1 unspecified atom stereocenters. The van der Waals surface area contributed by atoms with Crippen molar-refractivity contribution >= 4 is 29.1 Å². The number of amides is 2. The number of nitrogens with zero attached hydrogens (tertiary/aromatic N) is 3. The van der Waals surface area contributed by atoms with Crippen LogP contribution in [-0.2, 0) is 25.7 Å². The number of oxime groups is 1. The molecule has 1 saturated heterocycles. The minimum Gasteiger partial charge on any atom is -0.389 e. The molecule has 3 atom stereocenters. The standard InChI is InChI=1S/C23H25ClFN5O5/c1-12-28-18(6-20(29-12)23(32)27-8-14-3-4-17(25)16(24)5-14)19-7-21(35-30-19)22-11-33-15(10-34-22)9-26-13(2)31/h3-6,15,21-22H,7-11H2,1-2H3,(H,26,31)(H,27,32)/t15-,21?,22-/m1/s1. The zero-order valence-electron chi connectivity index (χ0n) is 19.2. The molecule has 2 aromatic rings. The number of benzene rings is 1. The van der Waals surface area contributed by atoms with Gasteiger partial charge in [-0.15, -0.1) is 0 Å². The largest absolute Gasteiger partial charge is 0.389 e. The molecular formula is C23H25ClFN5O5. The van der Waals surface area contributed by atoms with Gasteiger partial charge in [-0.05, 0) is 30.7 Å². The third kappa shape index (κ3) is 6.50. The highest BCUT2D eigenvalue weighted by atomic mass is 35.5. The molecule has 35 heavy (non-hydrogen) atoms. The van der Waals surface area contributed by atoms with Gasteiger partial charge in [-0.25, -0.2) is 14.4 Å². The van der Waals surface area contributed by atoms with Crippen molar-refractivity contribution in [2.45, 2.75) is 45.1 Å². The molecule has 2 aliphatic heterocycles. The highest BCUT2D eigenvalue weighted by Gasteiger charge is 2.35. The summed E-state index contributed by atoms with van der Waals surface area (Å²) in [5.41, 5.74) is 1.88. The van der Waals surface area contributed by atoms with Crippen molar-refractivity contribution in [1.29, 1.82) is 0 Å². The monoisotopic (exact) mass is 505 g/mol. The van der Waals surface area contributed by atoms with E-state index in [2.05, 4.69) is 25.8 Å². The molecular weight excluding hydrogens is 481 g/mol. The van der Waals surface area contributed by atoms with E-state index in [1.165, 1.54) is 19.1 Å². The van der Waals surface area contributed by atoms with Crippen LogP contribution in [0.25, 0.3) is 0 Å². The van der Waals surface area contributed by atoms with Gasteiger partial charge in [0.2, 0.25) is 5.91 Å². The van der Waals surface area contributed by atoms with E-state index in [-0.39, 0.29) is 41.5 Å². The Hall–Kier alpha value is -3.15. The average molecular weight is 506 g/mol. The number of aryl methyl sites for hydroxylation is 1. The van der Waals surface area contributed by atoms with Gasteiger partial charge in [0.05, 0.1) is 30.0 Å². The normalized spacial score (nSPS) is 21.7. The van der Waals surface area contributed by atoms with E-state index < -0.39 is 11.7 Å². The lowest BCUT2D eigenvalue weighted by Crippen LogP contribution is -2.46. The summed E-state index contributed by atoms with van der Waals surface area (Å²) >= 11 is 5.80. The maximum atomic E-state index is 13.3.